The van der Waals surface area contributed by atoms with E-state index in [0.717, 1.165) is 26.1 Å². The van der Waals surface area contributed by atoms with Crippen molar-refractivity contribution in [1.29, 1.82) is 0 Å². The van der Waals surface area contributed by atoms with Crippen LogP contribution in [0.25, 0.3) is 11.3 Å². The third kappa shape index (κ3) is 6.77. The summed E-state index contributed by atoms with van der Waals surface area (Å²) in [4.78, 5) is 22.1. The van der Waals surface area contributed by atoms with Crippen molar-refractivity contribution < 1.29 is 17.9 Å². The molecular formula is C26H35Cl2N5O4S. The summed E-state index contributed by atoms with van der Waals surface area (Å²) in [5.74, 6) is 0.705. The van der Waals surface area contributed by atoms with Crippen molar-refractivity contribution in [1.82, 2.24) is 14.3 Å². The molecule has 0 spiro atoms. The minimum Gasteiger partial charge on any atom is -0.381 e. The second-order valence-electron chi connectivity index (χ2n) is 10.2. The number of halogens is 2. The van der Waals surface area contributed by atoms with Crippen LogP contribution in [0.1, 0.15) is 46.5 Å². The number of hydrogen-bond donors (Lipinski definition) is 2. The van der Waals surface area contributed by atoms with E-state index in [-0.39, 0.29) is 18.5 Å². The molecule has 0 unspecified atom stereocenters. The number of anilines is 2. The van der Waals surface area contributed by atoms with Crippen molar-refractivity contribution in [2.45, 2.75) is 57.7 Å². The van der Waals surface area contributed by atoms with E-state index in [1.807, 2.05) is 6.07 Å². The lowest BCUT2D eigenvalue weighted by Gasteiger charge is -2.32. The first-order valence-corrected chi connectivity index (χ1v) is 15.3. The molecule has 1 amide bonds. The quantitative estimate of drug-likeness (QED) is 0.446. The fourth-order valence-corrected chi connectivity index (χ4v) is 6.65. The molecule has 4 rings (SSSR count). The lowest BCUT2D eigenvalue weighted by molar-refractivity contribution is -0.120. The average Bonchev–Trinajstić information content (AvgIpc) is 2.91. The Labute approximate surface area is 234 Å². The van der Waals surface area contributed by atoms with E-state index in [1.165, 1.54) is 10.5 Å². The summed E-state index contributed by atoms with van der Waals surface area (Å²) in [6, 6.07) is 5.45. The van der Waals surface area contributed by atoms with E-state index < -0.39 is 21.2 Å². The van der Waals surface area contributed by atoms with Gasteiger partial charge in [-0.2, -0.15) is 0 Å². The number of ether oxygens (including phenoxy) is 1. The second kappa shape index (κ2) is 12.5. The molecule has 12 heteroatoms. The topological polar surface area (TPSA) is 114 Å². The Kier molecular flexibility index (Phi) is 9.52. The Morgan fingerprint density at radius 1 is 1.11 bits per heavy atom. The number of sulfonamides is 1. The third-order valence-corrected chi connectivity index (χ3v) is 10.1. The fraction of sp³-hybridized carbons (Fsp3) is 0.577. The van der Waals surface area contributed by atoms with Crippen LogP contribution in [0.5, 0.6) is 0 Å². The zero-order valence-electron chi connectivity index (χ0n) is 21.9. The van der Waals surface area contributed by atoms with E-state index in [4.69, 9.17) is 32.9 Å². The van der Waals surface area contributed by atoms with E-state index in [9.17, 15) is 13.2 Å². The standard InChI is InChI=1S/C26H35Cl2N5O4S/c1-16(2)38(35,36)33-10-4-5-19(15-33)26(34)32-24-13-20(22(28)14-29-24)25-21(27)6-7-23(31-25)30-17(3)18-8-11-37-12-9-18/h6-7,13-14,16-19H,4-5,8-12,15H2,1-3H3,(H,30,31)(H,29,32,34)/t17-,19+/m1/s1. The summed E-state index contributed by atoms with van der Waals surface area (Å²) >= 11 is 13.0. The zero-order chi connectivity index (χ0) is 27.4. The predicted molar refractivity (Wildman–Crippen MR) is 151 cm³/mol. The van der Waals surface area contributed by atoms with Gasteiger partial charge in [-0.15, -0.1) is 0 Å². The van der Waals surface area contributed by atoms with Crippen molar-refractivity contribution in [2.75, 3.05) is 36.9 Å². The van der Waals surface area contributed by atoms with Crippen LogP contribution in [0.3, 0.4) is 0 Å². The molecule has 2 aliphatic heterocycles. The summed E-state index contributed by atoms with van der Waals surface area (Å²) in [5, 5.41) is 6.53. The first-order chi connectivity index (χ1) is 18.1. The number of pyridine rings is 2. The fourth-order valence-electron chi connectivity index (χ4n) is 4.88. The summed E-state index contributed by atoms with van der Waals surface area (Å²) in [6.45, 7) is 7.54. The maximum Gasteiger partial charge on any atom is 0.229 e. The van der Waals surface area contributed by atoms with Crippen LogP contribution in [-0.4, -0.2) is 66.2 Å². The van der Waals surface area contributed by atoms with Crippen LogP contribution >= 0.6 is 23.2 Å². The summed E-state index contributed by atoms with van der Waals surface area (Å²) < 4.78 is 32.1. The van der Waals surface area contributed by atoms with Gasteiger partial charge in [-0.1, -0.05) is 23.2 Å². The van der Waals surface area contributed by atoms with Gasteiger partial charge in [-0.25, -0.2) is 22.7 Å². The van der Waals surface area contributed by atoms with Gasteiger partial charge in [-0.3, -0.25) is 4.79 Å². The van der Waals surface area contributed by atoms with Crippen molar-refractivity contribution in [3.8, 4) is 11.3 Å². The van der Waals surface area contributed by atoms with Gasteiger partial charge in [0.25, 0.3) is 0 Å². The number of amides is 1. The Bertz CT molecular complexity index is 1250. The average molecular weight is 585 g/mol. The molecule has 9 nitrogen and oxygen atoms in total. The van der Waals surface area contributed by atoms with Gasteiger partial charge in [0.1, 0.15) is 11.6 Å². The molecule has 0 saturated carbocycles. The highest BCUT2D eigenvalue weighted by Crippen LogP contribution is 2.34. The van der Waals surface area contributed by atoms with Gasteiger partial charge in [0.05, 0.1) is 26.9 Å². The number of hydrogen-bond acceptors (Lipinski definition) is 7. The maximum atomic E-state index is 13.1. The molecule has 4 heterocycles. The van der Waals surface area contributed by atoms with E-state index in [2.05, 4.69) is 22.5 Å². The highest BCUT2D eigenvalue weighted by atomic mass is 35.5. The van der Waals surface area contributed by atoms with Crippen LogP contribution in [0.4, 0.5) is 11.6 Å². The molecule has 2 saturated heterocycles. The van der Waals surface area contributed by atoms with Gasteiger partial charge in [0, 0.05) is 44.1 Å². The Balaban J connectivity index is 1.50. The molecular weight excluding hydrogens is 549 g/mol. The molecule has 2 aliphatic rings. The smallest absolute Gasteiger partial charge is 0.229 e. The van der Waals surface area contributed by atoms with Gasteiger partial charge in [0.15, 0.2) is 0 Å². The summed E-state index contributed by atoms with van der Waals surface area (Å²) in [5.41, 5.74) is 1.02. The van der Waals surface area contributed by atoms with Crippen LogP contribution in [0.15, 0.2) is 24.4 Å². The van der Waals surface area contributed by atoms with Crippen LogP contribution in [-0.2, 0) is 19.6 Å². The molecule has 208 valence electrons. The Morgan fingerprint density at radius 2 is 1.84 bits per heavy atom. The number of aromatic nitrogens is 2. The van der Waals surface area contributed by atoms with Crippen molar-refractivity contribution in [3.63, 3.8) is 0 Å². The lowest BCUT2D eigenvalue weighted by Crippen LogP contribution is -2.46. The van der Waals surface area contributed by atoms with Crippen molar-refractivity contribution in [3.05, 3.63) is 34.4 Å². The van der Waals surface area contributed by atoms with Crippen LogP contribution in [0.2, 0.25) is 10.0 Å². The van der Waals surface area contributed by atoms with Crippen LogP contribution in [0, 0.1) is 11.8 Å². The molecule has 38 heavy (non-hydrogen) atoms. The monoisotopic (exact) mass is 583 g/mol. The van der Waals surface area contributed by atoms with Gasteiger partial charge in [-0.05, 0) is 70.6 Å². The number of carbonyl (C=O) groups excluding carboxylic acids is 1. The Morgan fingerprint density at radius 3 is 2.55 bits per heavy atom. The number of rotatable bonds is 8. The zero-order valence-corrected chi connectivity index (χ0v) is 24.2. The second-order valence-corrected chi connectivity index (χ2v) is 13.5. The predicted octanol–water partition coefficient (Wildman–Crippen LogP) is 5.07. The van der Waals surface area contributed by atoms with E-state index >= 15 is 0 Å². The minimum absolute atomic E-state index is 0.152. The molecule has 2 aromatic rings. The molecule has 0 radical (unpaired) electrons. The highest BCUT2D eigenvalue weighted by molar-refractivity contribution is 7.89. The lowest BCUT2D eigenvalue weighted by atomic mass is 9.93. The van der Waals surface area contributed by atoms with E-state index in [1.54, 1.807) is 26.0 Å². The third-order valence-electron chi connectivity index (χ3n) is 7.27. The molecule has 2 aromatic heterocycles. The Hall–Kier alpha value is -1.98. The first-order valence-electron chi connectivity index (χ1n) is 13.0. The number of piperidine rings is 1. The number of nitrogens with zero attached hydrogens (tertiary/aromatic N) is 3. The van der Waals surface area contributed by atoms with Crippen molar-refractivity contribution in [2.24, 2.45) is 11.8 Å². The van der Waals surface area contributed by atoms with Gasteiger partial charge >= 0.3 is 0 Å². The maximum absolute atomic E-state index is 13.1. The van der Waals surface area contributed by atoms with Gasteiger partial charge < -0.3 is 15.4 Å². The van der Waals surface area contributed by atoms with Gasteiger partial charge in [0.2, 0.25) is 15.9 Å². The number of nitrogens with one attached hydrogen (secondary N) is 2. The SMILES string of the molecule is CC(C)S(=O)(=O)N1CCC[C@H](C(=O)Nc2cc(-c3nc(N[C@H](C)C4CCOCC4)ccc3Cl)c(Cl)cn2)C1. The summed E-state index contributed by atoms with van der Waals surface area (Å²) in [7, 11) is -3.43. The van der Waals surface area contributed by atoms with Crippen LogP contribution < -0.4 is 10.6 Å². The molecule has 2 N–H and O–H groups in total. The molecule has 2 fully saturated rings. The molecule has 2 atom stereocenters. The highest BCUT2D eigenvalue weighted by Gasteiger charge is 2.34. The molecule has 0 aliphatic carbocycles. The summed E-state index contributed by atoms with van der Waals surface area (Å²) in [6.07, 6.45) is 4.66. The normalized spacial score (nSPS) is 20.3. The van der Waals surface area contributed by atoms with E-state index in [0.29, 0.717) is 58.2 Å². The molecule has 0 aromatic carbocycles. The minimum atomic E-state index is -3.43. The van der Waals surface area contributed by atoms with Crippen molar-refractivity contribution >= 4 is 50.8 Å². The largest absolute Gasteiger partial charge is 0.381 e. The first kappa shape index (κ1) is 29.0. The molecule has 0 bridgehead atoms. The number of carbonyl (C=O) groups is 1.